The lowest BCUT2D eigenvalue weighted by molar-refractivity contribution is 0.183. The van der Waals surface area contributed by atoms with Crippen molar-refractivity contribution < 1.29 is 13.9 Å². The minimum Gasteiger partial charge on any atom is -0.497 e. The van der Waals surface area contributed by atoms with Gasteiger partial charge in [-0.15, -0.1) is 0 Å². The first-order valence-electron chi connectivity index (χ1n) is 6.93. The van der Waals surface area contributed by atoms with Crippen LogP contribution in [0, 0.1) is 5.92 Å². The summed E-state index contributed by atoms with van der Waals surface area (Å²) in [4.78, 5) is 0. The Labute approximate surface area is 120 Å². The number of fused-ring (bicyclic) bond motifs is 1. The monoisotopic (exact) mass is 277 g/mol. The van der Waals surface area contributed by atoms with Crippen molar-refractivity contribution in [2.75, 3.05) is 20.8 Å². The normalized spacial score (nSPS) is 11.4. The van der Waals surface area contributed by atoms with Gasteiger partial charge in [0.2, 0.25) is 0 Å². The number of benzene rings is 1. The molecule has 2 aromatic rings. The first-order valence-corrected chi connectivity index (χ1v) is 6.93. The molecule has 1 N–H and O–H groups in total. The van der Waals surface area contributed by atoms with Crippen molar-refractivity contribution >= 4 is 11.0 Å². The van der Waals surface area contributed by atoms with E-state index in [1.165, 1.54) is 0 Å². The summed E-state index contributed by atoms with van der Waals surface area (Å²) in [6, 6.07) is 5.89. The highest BCUT2D eigenvalue weighted by Crippen LogP contribution is 2.29. The van der Waals surface area contributed by atoms with Crippen molar-refractivity contribution in [3.05, 3.63) is 29.5 Å². The van der Waals surface area contributed by atoms with E-state index in [-0.39, 0.29) is 0 Å². The third kappa shape index (κ3) is 3.32. The van der Waals surface area contributed by atoms with E-state index in [1.54, 1.807) is 14.2 Å². The van der Waals surface area contributed by atoms with E-state index in [4.69, 9.17) is 13.9 Å². The van der Waals surface area contributed by atoms with Gasteiger partial charge in [0.05, 0.1) is 20.3 Å². The molecule has 0 atom stereocenters. The highest BCUT2D eigenvalue weighted by atomic mass is 16.5. The second-order valence-corrected chi connectivity index (χ2v) is 5.32. The Kier molecular flexibility index (Phi) is 5.04. The number of nitrogens with one attached hydrogen (secondary N) is 1. The van der Waals surface area contributed by atoms with Crippen LogP contribution in [0.25, 0.3) is 11.0 Å². The molecule has 1 aromatic carbocycles. The van der Waals surface area contributed by atoms with Crippen molar-refractivity contribution in [1.82, 2.24) is 5.32 Å². The Morgan fingerprint density at radius 1 is 1.25 bits per heavy atom. The van der Waals surface area contributed by atoms with Crippen LogP contribution in [-0.4, -0.2) is 20.8 Å². The number of hydrogen-bond acceptors (Lipinski definition) is 4. The molecule has 0 spiro atoms. The van der Waals surface area contributed by atoms with Crippen LogP contribution in [0.1, 0.15) is 25.2 Å². The molecule has 2 rings (SSSR count). The summed E-state index contributed by atoms with van der Waals surface area (Å²) in [5.74, 6) is 2.36. The van der Waals surface area contributed by atoms with Crippen LogP contribution < -0.4 is 10.1 Å². The topological polar surface area (TPSA) is 43.6 Å². The zero-order valence-corrected chi connectivity index (χ0v) is 12.7. The molecule has 0 aliphatic rings. The molecular weight excluding hydrogens is 254 g/mol. The molecule has 110 valence electrons. The summed E-state index contributed by atoms with van der Waals surface area (Å²) >= 11 is 0. The fraction of sp³-hybridized carbons (Fsp3) is 0.500. The molecule has 0 radical (unpaired) electrons. The second kappa shape index (κ2) is 6.77. The average Bonchev–Trinajstić information content (AvgIpc) is 2.76. The molecule has 1 heterocycles. The maximum atomic E-state index is 5.95. The average molecular weight is 277 g/mol. The molecule has 0 saturated heterocycles. The van der Waals surface area contributed by atoms with Gasteiger partial charge in [-0.2, -0.15) is 0 Å². The van der Waals surface area contributed by atoms with Crippen LogP contribution in [0.5, 0.6) is 5.75 Å². The highest BCUT2D eigenvalue weighted by Gasteiger charge is 2.14. The molecule has 0 unspecified atom stereocenters. The van der Waals surface area contributed by atoms with E-state index >= 15 is 0 Å². The van der Waals surface area contributed by atoms with Crippen LogP contribution >= 0.6 is 0 Å². The lowest BCUT2D eigenvalue weighted by Crippen LogP contribution is -2.19. The molecule has 0 amide bonds. The summed E-state index contributed by atoms with van der Waals surface area (Å²) in [7, 11) is 3.36. The Balaban J connectivity index is 2.29. The van der Waals surface area contributed by atoms with Crippen molar-refractivity contribution in [2.24, 2.45) is 5.92 Å². The van der Waals surface area contributed by atoms with E-state index in [2.05, 4.69) is 19.2 Å². The summed E-state index contributed by atoms with van der Waals surface area (Å²) in [5.41, 5.74) is 1.96. The van der Waals surface area contributed by atoms with E-state index in [1.807, 2.05) is 18.2 Å². The van der Waals surface area contributed by atoms with Gasteiger partial charge in [0.1, 0.15) is 17.1 Å². The van der Waals surface area contributed by atoms with Gasteiger partial charge >= 0.3 is 0 Å². The molecule has 0 aliphatic heterocycles. The van der Waals surface area contributed by atoms with Gasteiger partial charge in [0.15, 0.2) is 0 Å². The molecule has 20 heavy (non-hydrogen) atoms. The molecule has 0 fully saturated rings. The zero-order valence-electron chi connectivity index (χ0n) is 12.7. The van der Waals surface area contributed by atoms with Crippen molar-refractivity contribution in [2.45, 2.75) is 27.0 Å². The number of rotatable bonds is 7. The Hall–Kier alpha value is -1.52. The Bertz CT molecular complexity index is 560. The van der Waals surface area contributed by atoms with Crippen LogP contribution in [0.4, 0.5) is 0 Å². The summed E-state index contributed by atoms with van der Waals surface area (Å²) in [6.07, 6.45) is 0. The second-order valence-electron chi connectivity index (χ2n) is 5.32. The first-order chi connectivity index (χ1) is 9.65. The molecule has 0 saturated carbocycles. The van der Waals surface area contributed by atoms with Gasteiger partial charge in [-0.1, -0.05) is 13.8 Å². The van der Waals surface area contributed by atoms with E-state index in [0.29, 0.717) is 19.1 Å². The van der Waals surface area contributed by atoms with E-state index in [0.717, 1.165) is 34.6 Å². The zero-order chi connectivity index (χ0) is 14.5. The Morgan fingerprint density at radius 2 is 2.05 bits per heavy atom. The van der Waals surface area contributed by atoms with Crippen LogP contribution in [0.15, 0.2) is 22.6 Å². The maximum absolute atomic E-state index is 5.95. The standard InChI is InChI=1S/C16H23NO3/c1-11(2)8-17-9-16-14(10-18-3)13-6-5-12(19-4)7-15(13)20-16/h5-7,11,17H,8-10H2,1-4H3. The van der Waals surface area contributed by atoms with Gasteiger partial charge in [-0.05, 0) is 24.6 Å². The third-order valence-electron chi connectivity index (χ3n) is 3.21. The van der Waals surface area contributed by atoms with Gasteiger partial charge in [-0.3, -0.25) is 0 Å². The molecule has 4 heteroatoms. The fourth-order valence-electron chi connectivity index (χ4n) is 2.23. The predicted molar refractivity (Wildman–Crippen MR) is 80.0 cm³/mol. The SMILES string of the molecule is COCc1c(CNCC(C)C)oc2cc(OC)ccc12. The minimum atomic E-state index is 0.554. The molecule has 0 aliphatic carbocycles. The Morgan fingerprint density at radius 3 is 2.70 bits per heavy atom. The van der Waals surface area contributed by atoms with Gasteiger partial charge in [0, 0.05) is 24.1 Å². The molecule has 1 aromatic heterocycles. The number of furan rings is 1. The van der Waals surface area contributed by atoms with Gasteiger partial charge in [-0.25, -0.2) is 0 Å². The third-order valence-corrected chi connectivity index (χ3v) is 3.21. The first kappa shape index (κ1) is 14.9. The predicted octanol–water partition coefficient (Wildman–Crippen LogP) is 3.33. The number of ether oxygens (including phenoxy) is 2. The lowest BCUT2D eigenvalue weighted by Gasteiger charge is -2.07. The lowest BCUT2D eigenvalue weighted by atomic mass is 10.1. The van der Waals surface area contributed by atoms with E-state index in [9.17, 15) is 0 Å². The highest BCUT2D eigenvalue weighted by molar-refractivity contribution is 5.83. The summed E-state index contributed by atoms with van der Waals surface area (Å²) < 4.78 is 16.5. The molecule has 0 bridgehead atoms. The van der Waals surface area contributed by atoms with Gasteiger partial charge in [0.25, 0.3) is 0 Å². The van der Waals surface area contributed by atoms with Crippen molar-refractivity contribution in [1.29, 1.82) is 0 Å². The quantitative estimate of drug-likeness (QED) is 0.843. The number of methoxy groups -OCH3 is 2. The van der Waals surface area contributed by atoms with Gasteiger partial charge < -0.3 is 19.2 Å². The fourth-order valence-corrected chi connectivity index (χ4v) is 2.23. The smallest absolute Gasteiger partial charge is 0.138 e. The van der Waals surface area contributed by atoms with E-state index < -0.39 is 0 Å². The molecular formula is C16H23NO3. The van der Waals surface area contributed by atoms with Crippen LogP contribution in [-0.2, 0) is 17.9 Å². The summed E-state index contributed by atoms with van der Waals surface area (Å²) in [5, 5.41) is 4.50. The van der Waals surface area contributed by atoms with Crippen molar-refractivity contribution in [3.8, 4) is 5.75 Å². The molecule has 4 nitrogen and oxygen atoms in total. The van der Waals surface area contributed by atoms with Crippen LogP contribution in [0.2, 0.25) is 0 Å². The van der Waals surface area contributed by atoms with Crippen molar-refractivity contribution in [3.63, 3.8) is 0 Å². The summed E-state index contributed by atoms with van der Waals surface area (Å²) in [6.45, 7) is 6.61. The number of hydrogen-bond donors (Lipinski definition) is 1. The maximum Gasteiger partial charge on any atom is 0.138 e. The van der Waals surface area contributed by atoms with Crippen LogP contribution in [0.3, 0.4) is 0 Å². The minimum absolute atomic E-state index is 0.554. The largest absolute Gasteiger partial charge is 0.497 e.